The molecule has 0 saturated carbocycles. The zero-order valence-corrected chi connectivity index (χ0v) is 10.7. The van der Waals surface area contributed by atoms with Crippen molar-refractivity contribution in [3.63, 3.8) is 0 Å². The highest BCUT2D eigenvalue weighted by atomic mass is 16.5. The Morgan fingerprint density at radius 2 is 2.00 bits per heavy atom. The summed E-state index contributed by atoms with van der Waals surface area (Å²) in [5.74, 6) is -0.179. The van der Waals surface area contributed by atoms with Crippen molar-refractivity contribution in [3.05, 3.63) is 29.8 Å². The van der Waals surface area contributed by atoms with Crippen LogP contribution in [0.2, 0.25) is 0 Å². The van der Waals surface area contributed by atoms with E-state index in [1.54, 1.807) is 0 Å². The molecule has 0 spiro atoms. The van der Waals surface area contributed by atoms with Crippen LogP contribution in [0.4, 0.5) is 0 Å². The number of carboxylic acids is 1. The Labute approximate surface area is 112 Å². The fourth-order valence-corrected chi connectivity index (χ4v) is 2.03. The smallest absolute Gasteiger partial charge is 0.320 e. The lowest BCUT2D eigenvalue weighted by molar-refractivity contribution is -0.138. The Bertz CT molecular complexity index is 412. The van der Waals surface area contributed by atoms with Crippen molar-refractivity contribution in [3.8, 4) is 5.75 Å². The largest absolute Gasteiger partial charge is 0.490 e. The molecule has 1 atom stereocenters. The first-order chi connectivity index (χ1) is 9.15. The first kappa shape index (κ1) is 13.8. The fraction of sp³-hybridized carbons (Fsp3) is 0.500. The number of hydrogen-bond acceptors (Lipinski definition) is 4. The highest BCUT2D eigenvalue weighted by Gasteiger charge is 2.15. The van der Waals surface area contributed by atoms with Crippen molar-refractivity contribution in [2.24, 2.45) is 5.73 Å². The van der Waals surface area contributed by atoms with Gasteiger partial charge < -0.3 is 20.3 Å². The standard InChI is InChI=1S/C14H19NO4/c15-13(14(16)17)9-10-1-3-11(4-2-10)19-12-5-7-18-8-6-12/h1-4,12-13H,5-9,15H2,(H,16,17). The molecular weight excluding hydrogens is 246 g/mol. The first-order valence-corrected chi connectivity index (χ1v) is 6.47. The lowest BCUT2D eigenvalue weighted by Crippen LogP contribution is -2.32. The number of ether oxygens (including phenoxy) is 2. The van der Waals surface area contributed by atoms with E-state index in [1.165, 1.54) is 0 Å². The van der Waals surface area contributed by atoms with Crippen molar-refractivity contribution < 1.29 is 19.4 Å². The van der Waals surface area contributed by atoms with E-state index < -0.39 is 12.0 Å². The van der Waals surface area contributed by atoms with Gasteiger partial charge in [0.15, 0.2) is 0 Å². The maximum absolute atomic E-state index is 10.7. The van der Waals surface area contributed by atoms with Crippen LogP contribution in [-0.4, -0.2) is 36.4 Å². The molecular formula is C14H19NO4. The second kappa shape index (κ2) is 6.54. The van der Waals surface area contributed by atoms with Gasteiger partial charge in [-0.05, 0) is 24.1 Å². The van der Waals surface area contributed by atoms with Crippen molar-refractivity contribution in [1.82, 2.24) is 0 Å². The monoisotopic (exact) mass is 265 g/mol. The highest BCUT2D eigenvalue weighted by Crippen LogP contribution is 2.19. The SMILES string of the molecule is NC(Cc1ccc(OC2CCOCC2)cc1)C(=O)O. The molecule has 3 N–H and O–H groups in total. The van der Waals surface area contributed by atoms with Crippen molar-refractivity contribution in [2.45, 2.75) is 31.4 Å². The van der Waals surface area contributed by atoms with Gasteiger partial charge in [0.1, 0.15) is 17.9 Å². The summed E-state index contributed by atoms with van der Waals surface area (Å²) in [4.78, 5) is 10.7. The molecule has 0 bridgehead atoms. The average molecular weight is 265 g/mol. The molecule has 19 heavy (non-hydrogen) atoms. The van der Waals surface area contributed by atoms with E-state index >= 15 is 0 Å². The number of carbonyl (C=O) groups is 1. The van der Waals surface area contributed by atoms with Gasteiger partial charge in [-0.2, -0.15) is 0 Å². The number of benzene rings is 1. The van der Waals surface area contributed by atoms with E-state index in [0.29, 0.717) is 6.42 Å². The molecule has 5 heteroatoms. The lowest BCUT2D eigenvalue weighted by atomic mass is 10.1. The van der Waals surface area contributed by atoms with Crippen molar-refractivity contribution in [2.75, 3.05) is 13.2 Å². The molecule has 2 rings (SSSR count). The van der Waals surface area contributed by atoms with Gasteiger partial charge in [0, 0.05) is 12.8 Å². The Balaban J connectivity index is 1.88. The van der Waals surface area contributed by atoms with Crippen LogP contribution in [-0.2, 0) is 16.0 Å². The number of nitrogens with two attached hydrogens (primary N) is 1. The van der Waals surface area contributed by atoms with Gasteiger partial charge in [-0.15, -0.1) is 0 Å². The van der Waals surface area contributed by atoms with E-state index in [9.17, 15) is 4.79 Å². The van der Waals surface area contributed by atoms with Crippen molar-refractivity contribution >= 4 is 5.97 Å². The van der Waals surface area contributed by atoms with Crippen LogP contribution in [0.5, 0.6) is 5.75 Å². The summed E-state index contributed by atoms with van der Waals surface area (Å²) in [6.07, 6.45) is 2.35. The van der Waals surface area contributed by atoms with Gasteiger partial charge in [-0.3, -0.25) is 4.79 Å². The molecule has 0 aliphatic carbocycles. The number of hydrogen-bond donors (Lipinski definition) is 2. The van der Waals surface area contributed by atoms with Gasteiger partial charge in [-0.25, -0.2) is 0 Å². The minimum absolute atomic E-state index is 0.209. The Morgan fingerprint density at radius 1 is 1.37 bits per heavy atom. The summed E-state index contributed by atoms with van der Waals surface area (Å²) in [7, 11) is 0. The lowest BCUT2D eigenvalue weighted by Gasteiger charge is -2.23. The molecule has 1 aliphatic rings. The van der Waals surface area contributed by atoms with Crippen LogP contribution >= 0.6 is 0 Å². The van der Waals surface area contributed by atoms with E-state index in [4.69, 9.17) is 20.3 Å². The minimum atomic E-state index is -0.984. The van der Waals surface area contributed by atoms with Gasteiger partial charge in [0.05, 0.1) is 13.2 Å². The average Bonchev–Trinajstić information content (AvgIpc) is 2.42. The van der Waals surface area contributed by atoms with Crippen LogP contribution in [0.15, 0.2) is 24.3 Å². The second-order valence-electron chi connectivity index (χ2n) is 4.72. The van der Waals surface area contributed by atoms with Crippen LogP contribution < -0.4 is 10.5 Å². The van der Waals surface area contributed by atoms with Crippen LogP contribution in [0.3, 0.4) is 0 Å². The molecule has 1 unspecified atom stereocenters. The molecule has 104 valence electrons. The molecule has 0 aromatic heterocycles. The molecule has 1 aliphatic heterocycles. The van der Waals surface area contributed by atoms with Crippen LogP contribution in [0.1, 0.15) is 18.4 Å². The Morgan fingerprint density at radius 3 is 2.58 bits per heavy atom. The predicted octanol–water partition coefficient (Wildman–Crippen LogP) is 1.20. The summed E-state index contributed by atoms with van der Waals surface area (Å²) >= 11 is 0. The van der Waals surface area contributed by atoms with Crippen LogP contribution in [0.25, 0.3) is 0 Å². The summed E-state index contributed by atoms with van der Waals surface area (Å²) in [6, 6.07) is 6.58. The maximum atomic E-state index is 10.7. The van der Waals surface area contributed by atoms with E-state index in [0.717, 1.165) is 37.4 Å². The molecule has 0 radical (unpaired) electrons. The topological polar surface area (TPSA) is 81.8 Å². The molecule has 1 heterocycles. The normalized spacial score (nSPS) is 17.9. The maximum Gasteiger partial charge on any atom is 0.320 e. The Hall–Kier alpha value is -1.59. The number of aliphatic carboxylic acids is 1. The van der Waals surface area contributed by atoms with Crippen molar-refractivity contribution in [1.29, 1.82) is 0 Å². The highest BCUT2D eigenvalue weighted by molar-refractivity contribution is 5.73. The first-order valence-electron chi connectivity index (χ1n) is 6.47. The van der Waals surface area contributed by atoms with Gasteiger partial charge in [0.25, 0.3) is 0 Å². The van der Waals surface area contributed by atoms with Gasteiger partial charge in [0.2, 0.25) is 0 Å². The zero-order chi connectivity index (χ0) is 13.7. The fourth-order valence-electron chi connectivity index (χ4n) is 2.03. The third-order valence-electron chi connectivity index (χ3n) is 3.17. The quantitative estimate of drug-likeness (QED) is 0.836. The van der Waals surface area contributed by atoms with Gasteiger partial charge >= 0.3 is 5.97 Å². The number of carboxylic acid groups (broad SMARTS) is 1. The minimum Gasteiger partial charge on any atom is -0.490 e. The Kier molecular flexibility index (Phi) is 4.76. The molecule has 5 nitrogen and oxygen atoms in total. The van der Waals surface area contributed by atoms with E-state index in [-0.39, 0.29) is 6.10 Å². The number of rotatable bonds is 5. The zero-order valence-electron chi connectivity index (χ0n) is 10.7. The summed E-state index contributed by atoms with van der Waals surface area (Å²) in [5, 5.41) is 8.75. The van der Waals surface area contributed by atoms with Crippen LogP contribution in [0, 0.1) is 0 Å². The molecule has 1 fully saturated rings. The summed E-state index contributed by atoms with van der Waals surface area (Å²) in [6.45, 7) is 1.49. The summed E-state index contributed by atoms with van der Waals surface area (Å²) in [5.41, 5.74) is 6.39. The van der Waals surface area contributed by atoms with E-state index in [2.05, 4.69) is 0 Å². The second-order valence-corrected chi connectivity index (χ2v) is 4.72. The molecule has 1 saturated heterocycles. The third kappa shape index (κ3) is 4.22. The van der Waals surface area contributed by atoms with Gasteiger partial charge in [-0.1, -0.05) is 12.1 Å². The third-order valence-corrected chi connectivity index (χ3v) is 3.17. The summed E-state index contributed by atoms with van der Waals surface area (Å²) < 4.78 is 11.1. The van der Waals surface area contributed by atoms with E-state index in [1.807, 2.05) is 24.3 Å². The molecule has 0 amide bonds. The predicted molar refractivity (Wildman–Crippen MR) is 70.2 cm³/mol. The molecule has 1 aromatic carbocycles. The molecule has 1 aromatic rings.